The number of carbonyl (C=O) groups is 1. The molecule has 7 heteroatoms. The summed E-state index contributed by atoms with van der Waals surface area (Å²) in [6, 6.07) is 0. The van der Waals surface area contributed by atoms with Crippen LogP contribution in [0.4, 0.5) is 0 Å². The summed E-state index contributed by atoms with van der Waals surface area (Å²) in [6.07, 6.45) is 4.83. The molecule has 1 aliphatic carbocycles. The topological polar surface area (TPSA) is 61.8 Å². The van der Waals surface area contributed by atoms with E-state index in [-0.39, 0.29) is 18.3 Å². The van der Waals surface area contributed by atoms with E-state index in [1.165, 1.54) is 6.92 Å². The van der Waals surface area contributed by atoms with Gasteiger partial charge in [0.25, 0.3) is 0 Å². The van der Waals surface area contributed by atoms with Crippen molar-refractivity contribution in [1.82, 2.24) is 0 Å². The Hall–Kier alpha value is -0.550. The minimum Gasteiger partial charge on any atom is -0.403 e. The lowest BCUT2D eigenvalue weighted by molar-refractivity contribution is -0.109. The normalized spacial score (nSPS) is 16.1. The van der Waals surface area contributed by atoms with Gasteiger partial charge in [-0.05, 0) is 38.7 Å². The van der Waals surface area contributed by atoms with Gasteiger partial charge in [0.2, 0.25) is 0 Å². The molecule has 0 aromatic rings. The number of rotatable bonds is 8. The molecule has 0 fully saturated rings. The van der Waals surface area contributed by atoms with E-state index in [9.17, 15) is 9.36 Å². The van der Waals surface area contributed by atoms with Crippen molar-refractivity contribution in [1.29, 1.82) is 0 Å². The van der Waals surface area contributed by atoms with Gasteiger partial charge < -0.3 is 4.52 Å². The monoisotopic (exact) mass is 320 g/mol. The van der Waals surface area contributed by atoms with Crippen LogP contribution in [-0.2, 0) is 22.9 Å². The Morgan fingerprint density at radius 3 is 2.50 bits per heavy atom. The van der Waals surface area contributed by atoms with Crippen LogP contribution < -0.4 is 0 Å². The van der Waals surface area contributed by atoms with E-state index in [2.05, 4.69) is 0 Å². The molecule has 0 spiro atoms. The lowest BCUT2D eigenvalue weighted by Crippen LogP contribution is -2.01. The van der Waals surface area contributed by atoms with Crippen LogP contribution >= 0.6 is 19.6 Å². The second-order valence-corrected chi connectivity index (χ2v) is 6.73. The molecule has 5 nitrogen and oxygen atoms in total. The van der Waals surface area contributed by atoms with E-state index in [1.807, 2.05) is 6.08 Å². The van der Waals surface area contributed by atoms with Crippen molar-refractivity contribution in [3.8, 4) is 0 Å². The number of thioether (sulfide) groups is 1. The third-order valence-electron chi connectivity index (χ3n) is 2.47. The van der Waals surface area contributed by atoms with Gasteiger partial charge in [0, 0.05) is 12.3 Å². The summed E-state index contributed by atoms with van der Waals surface area (Å²) >= 11 is 1.00. The zero-order valence-corrected chi connectivity index (χ0v) is 13.8. The van der Waals surface area contributed by atoms with Crippen LogP contribution in [0.25, 0.3) is 0 Å². The molecule has 0 aromatic carbocycles. The Balaban J connectivity index is 2.89. The van der Waals surface area contributed by atoms with Crippen LogP contribution in [0, 0.1) is 0 Å². The van der Waals surface area contributed by atoms with Gasteiger partial charge in [-0.25, -0.2) is 4.57 Å². The maximum Gasteiger partial charge on any atom is 0.530 e. The van der Waals surface area contributed by atoms with Crippen molar-refractivity contribution >= 4 is 24.7 Å². The molecule has 0 saturated carbocycles. The van der Waals surface area contributed by atoms with Crippen LogP contribution in [-0.4, -0.2) is 18.3 Å². The first-order chi connectivity index (χ1) is 9.50. The van der Waals surface area contributed by atoms with E-state index >= 15 is 0 Å². The molecule has 0 radical (unpaired) electrons. The summed E-state index contributed by atoms with van der Waals surface area (Å²) in [5, 5.41) is 1.51. The summed E-state index contributed by atoms with van der Waals surface area (Å²) in [6.45, 7) is 5.36. The number of phosphoric ester groups is 1. The molecule has 0 heterocycles. The second kappa shape index (κ2) is 8.67. The molecule has 114 valence electrons. The fraction of sp³-hybridized carbons (Fsp3) is 0.615. The first kappa shape index (κ1) is 17.5. The van der Waals surface area contributed by atoms with Gasteiger partial charge in [0.1, 0.15) is 5.76 Å². The number of allylic oxidation sites excluding steroid dienone is 2. The summed E-state index contributed by atoms with van der Waals surface area (Å²) in [4.78, 5) is 11.1. The third kappa shape index (κ3) is 5.83. The van der Waals surface area contributed by atoms with Gasteiger partial charge in [-0.2, -0.15) is 0 Å². The fourth-order valence-corrected chi connectivity index (χ4v) is 3.48. The zero-order valence-electron chi connectivity index (χ0n) is 12.1. The highest BCUT2D eigenvalue weighted by Crippen LogP contribution is 2.53. The largest absolute Gasteiger partial charge is 0.530 e. The third-order valence-corrected chi connectivity index (χ3v) is 4.71. The molecule has 0 saturated heterocycles. The number of phosphoric acid groups is 1. The lowest BCUT2D eigenvalue weighted by atomic mass is 10.2. The van der Waals surface area contributed by atoms with Crippen LogP contribution in [0.3, 0.4) is 0 Å². The van der Waals surface area contributed by atoms with E-state index in [1.54, 1.807) is 19.3 Å². The lowest BCUT2D eigenvalue weighted by Gasteiger charge is -2.19. The number of hydrogen-bond acceptors (Lipinski definition) is 6. The first-order valence-electron chi connectivity index (χ1n) is 6.66. The van der Waals surface area contributed by atoms with E-state index in [4.69, 9.17) is 13.6 Å². The molecular formula is C13H21O5PS. The van der Waals surface area contributed by atoms with Crippen molar-refractivity contribution in [2.75, 3.05) is 13.2 Å². The summed E-state index contributed by atoms with van der Waals surface area (Å²) < 4.78 is 28.1. The quantitative estimate of drug-likeness (QED) is 0.487. The Morgan fingerprint density at radius 2 is 2.05 bits per heavy atom. The van der Waals surface area contributed by atoms with Crippen molar-refractivity contribution in [3.05, 3.63) is 22.8 Å². The summed E-state index contributed by atoms with van der Waals surface area (Å²) in [7, 11) is -3.62. The van der Waals surface area contributed by atoms with Crippen molar-refractivity contribution in [2.24, 2.45) is 0 Å². The highest BCUT2D eigenvalue weighted by atomic mass is 32.2. The average molecular weight is 320 g/mol. The predicted octanol–water partition coefficient (Wildman–Crippen LogP) is 4.42. The number of carbonyl (C=O) groups excluding carboxylic acids is 1. The van der Waals surface area contributed by atoms with Crippen LogP contribution in [0.15, 0.2) is 22.8 Å². The van der Waals surface area contributed by atoms with Crippen LogP contribution in [0.5, 0.6) is 0 Å². The van der Waals surface area contributed by atoms with E-state index < -0.39 is 7.82 Å². The average Bonchev–Trinajstić information content (AvgIpc) is 2.88. The molecule has 20 heavy (non-hydrogen) atoms. The van der Waals surface area contributed by atoms with Crippen molar-refractivity contribution in [3.63, 3.8) is 0 Å². The zero-order chi connectivity index (χ0) is 15.0. The molecule has 0 unspecified atom stereocenters. The second-order valence-electron chi connectivity index (χ2n) is 4.09. The highest BCUT2D eigenvalue weighted by Gasteiger charge is 2.30. The molecular weight excluding hydrogens is 299 g/mol. The summed E-state index contributed by atoms with van der Waals surface area (Å²) in [5.74, 6) is 0.410. The van der Waals surface area contributed by atoms with Gasteiger partial charge in [0.05, 0.1) is 13.2 Å². The molecule has 0 aromatic heterocycles. The molecule has 1 rings (SSSR count). The predicted molar refractivity (Wildman–Crippen MR) is 80.2 cm³/mol. The maximum absolute atomic E-state index is 12.4. The van der Waals surface area contributed by atoms with Gasteiger partial charge in [-0.1, -0.05) is 17.8 Å². The Labute approximate surface area is 124 Å². The van der Waals surface area contributed by atoms with Crippen LogP contribution in [0.1, 0.15) is 40.0 Å². The molecule has 1 aliphatic rings. The number of hydrogen-bond donors (Lipinski definition) is 0. The van der Waals surface area contributed by atoms with E-state index in [0.717, 1.165) is 36.6 Å². The minimum absolute atomic E-state index is 0.0626. The molecule has 0 atom stereocenters. The van der Waals surface area contributed by atoms with Gasteiger partial charge in [0.15, 0.2) is 5.12 Å². The highest BCUT2D eigenvalue weighted by molar-refractivity contribution is 8.16. The van der Waals surface area contributed by atoms with E-state index in [0.29, 0.717) is 5.76 Å². The molecule has 0 amide bonds. The van der Waals surface area contributed by atoms with Gasteiger partial charge in [-0.15, -0.1) is 0 Å². The minimum atomic E-state index is -3.62. The fourth-order valence-electron chi connectivity index (χ4n) is 1.71. The van der Waals surface area contributed by atoms with Crippen molar-refractivity contribution < 1.29 is 22.9 Å². The van der Waals surface area contributed by atoms with Crippen molar-refractivity contribution in [2.45, 2.75) is 40.0 Å². The summed E-state index contributed by atoms with van der Waals surface area (Å²) in [5.41, 5.74) is 0.943. The standard InChI is InChI=1S/C13H21O5PS/c1-4-16-19(15,17-5-2)18-13(10-20-11(3)14)12-8-6-7-9-12/h8,10H,4-7,9H2,1-3H3/b13-10-. The molecule has 0 bridgehead atoms. The Kier molecular flexibility index (Phi) is 7.59. The Bertz CT molecular complexity index is 434. The van der Waals surface area contributed by atoms with Gasteiger partial charge in [-0.3, -0.25) is 13.8 Å². The molecule has 0 aliphatic heterocycles. The maximum atomic E-state index is 12.4. The smallest absolute Gasteiger partial charge is 0.403 e. The molecule has 0 N–H and O–H groups in total. The first-order valence-corrected chi connectivity index (χ1v) is 9.00. The van der Waals surface area contributed by atoms with Crippen LogP contribution in [0.2, 0.25) is 0 Å². The SMILES string of the molecule is CCOP(=O)(OCC)O/C(=C\SC(C)=O)C1=CCCC1. The van der Waals surface area contributed by atoms with Gasteiger partial charge >= 0.3 is 7.82 Å². The Morgan fingerprint density at radius 1 is 1.40 bits per heavy atom.